The van der Waals surface area contributed by atoms with Crippen molar-refractivity contribution in [3.8, 4) is 11.3 Å². The molecule has 4 N–H and O–H groups in total. The van der Waals surface area contributed by atoms with Gasteiger partial charge in [0.25, 0.3) is 0 Å². The molecule has 188 valence electrons. The van der Waals surface area contributed by atoms with Crippen molar-refractivity contribution in [1.29, 1.82) is 0 Å². The fourth-order valence-corrected chi connectivity index (χ4v) is 3.98. The molecule has 0 amide bonds. The van der Waals surface area contributed by atoms with Crippen molar-refractivity contribution in [3.05, 3.63) is 71.8 Å². The Hall–Kier alpha value is -3.84. The lowest BCUT2D eigenvalue weighted by atomic mass is 10.1. The molecule has 0 aliphatic heterocycles. The maximum absolute atomic E-state index is 14.3. The normalized spacial score (nSPS) is 13.4. The molecule has 0 bridgehead atoms. The summed E-state index contributed by atoms with van der Waals surface area (Å²) >= 11 is 0. The third-order valence-corrected chi connectivity index (χ3v) is 6.03. The van der Waals surface area contributed by atoms with Crippen LogP contribution >= 0.6 is 0 Å². The standard InChI is InChI=1S/C23H19F5N6OS/c1-36(29,35)19-9-2-13(10-16(19)25)11-30-22-33-18-8-7-17(14-3-5-15(24)6-4-14)32-20(18)21(34-22)31-12-23(26,27)28/h2-10H,1,11-12H2,(H2,29,35)(H2,30,31,33,34). The number of nitrogens with zero attached hydrogens (tertiary/aromatic N) is 3. The van der Waals surface area contributed by atoms with Crippen LogP contribution in [0.3, 0.4) is 0 Å². The number of alkyl halides is 3. The van der Waals surface area contributed by atoms with E-state index in [4.69, 9.17) is 5.14 Å². The maximum Gasteiger partial charge on any atom is 0.405 e. The minimum Gasteiger partial charge on any atom is -0.359 e. The van der Waals surface area contributed by atoms with E-state index in [1.54, 1.807) is 12.1 Å². The van der Waals surface area contributed by atoms with Gasteiger partial charge in [0.15, 0.2) is 5.82 Å². The molecule has 2 aromatic heterocycles. The summed E-state index contributed by atoms with van der Waals surface area (Å²) in [7, 11) is -3.24. The number of nitrogens with two attached hydrogens (primary N) is 1. The van der Waals surface area contributed by atoms with Crippen LogP contribution in [0.4, 0.5) is 33.7 Å². The van der Waals surface area contributed by atoms with Gasteiger partial charge in [0.1, 0.15) is 23.7 Å². The number of aromatic nitrogens is 3. The topological polar surface area (TPSA) is 106 Å². The molecule has 2 heterocycles. The molecule has 0 saturated carbocycles. The first-order valence-corrected chi connectivity index (χ1v) is 12.1. The van der Waals surface area contributed by atoms with E-state index >= 15 is 0 Å². The Morgan fingerprint density at radius 3 is 2.31 bits per heavy atom. The number of hydrogen-bond donors (Lipinski definition) is 3. The van der Waals surface area contributed by atoms with Crippen LogP contribution in [0.25, 0.3) is 22.3 Å². The Kier molecular flexibility index (Phi) is 6.78. The van der Waals surface area contributed by atoms with Crippen LogP contribution in [0.5, 0.6) is 0 Å². The van der Waals surface area contributed by atoms with Crippen LogP contribution in [0.15, 0.2) is 59.5 Å². The molecule has 0 aliphatic rings. The smallest absolute Gasteiger partial charge is 0.359 e. The lowest BCUT2D eigenvalue weighted by molar-refractivity contribution is -0.115. The number of nitrogens with one attached hydrogen (secondary N) is 2. The van der Waals surface area contributed by atoms with Gasteiger partial charge >= 0.3 is 6.18 Å². The summed E-state index contributed by atoms with van der Waals surface area (Å²) in [5.41, 5.74) is 1.67. The summed E-state index contributed by atoms with van der Waals surface area (Å²) in [6.07, 6.45) is -4.52. The van der Waals surface area contributed by atoms with Gasteiger partial charge in [-0.15, -0.1) is 0 Å². The zero-order valence-corrected chi connectivity index (χ0v) is 19.3. The molecule has 4 rings (SSSR count). The van der Waals surface area contributed by atoms with Crippen LogP contribution < -0.4 is 15.8 Å². The van der Waals surface area contributed by atoms with E-state index < -0.39 is 34.1 Å². The van der Waals surface area contributed by atoms with Crippen LogP contribution in [-0.4, -0.2) is 37.8 Å². The number of hydrogen-bond acceptors (Lipinski definition) is 6. The lowest BCUT2D eigenvalue weighted by Crippen LogP contribution is -2.22. The summed E-state index contributed by atoms with van der Waals surface area (Å²) in [6, 6.07) is 12.4. The number of halogens is 5. The third kappa shape index (κ3) is 6.04. The SMILES string of the molecule is C=S(N)(=O)c1ccc(CNc2nc(NCC(F)(F)F)c3nc(-c4ccc(F)cc4)ccc3n2)cc1F. The molecular formula is C23H19F5N6OS. The number of rotatable bonds is 7. The molecule has 1 unspecified atom stereocenters. The maximum atomic E-state index is 14.3. The monoisotopic (exact) mass is 522 g/mol. The molecule has 4 aromatic rings. The Morgan fingerprint density at radius 2 is 1.67 bits per heavy atom. The van der Waals surface area contributed by atoms with E-state index in [1.807, 2.05) is 0 Å². The Balaban J connectivity index is 1.66. The first kappa shape index (κ1) is 25.3. The summed E-state index contributed by atoms with van der Waals surface area (Å²) in [6.45, 7) is -1.36. The molecule has 7 nitrogen and oxygen atoms in total. The average Bonchev–Trinajstić information content (AvgIpc) is 2.80. The van der Waals surface area contributed by atoms with Gasteiger partial charge in [-0.2, -0.15) is 18.2 Å². The molecule has 36 heavy (non-hydrogen) atoms. The molecule has 0 saturated heterocycles. The van der Waals surface area contributed by atoms with Crippen molar-refractivity contribution in [1.82, 2.24) is 15.0 Å². The van der Waals surface area contributed by atoms with E-state index in [2.05, 4.69) is 31.5 Å². The summed E-state index contributed by atoms with van der Waals surface area (Å²) in [4.78, 5) is 12.6. The highest BCUT2D eigenvalue weighted by Crippen LogP contribution is 2.27. The van der Waals surface area contributed by atoms with E-state index in [0.29, 0.717) is 16.8 Å². The van der Waals surface area contributed by atoms with Gasteiger partial charge in [0, 0.05) is 12.1 Å². The Morgan fingerprint density at radius 1 is 0.944 bits per heavy atom. The summed E-state index contributed by atoms with van der Waals surface area (Å²) in [5, 5.41) is 10.5. The van der Waals surface area contributed by atoms with E-state index in [-0.39, 0.29) is 34.2 Å². The first-order chi connectivity index (χ1) is 16.9. The zero-order chi connectivity index (χ0) is 26.1. The van der Waals surface area contributed by atoms with Gasteiger partial charge < -0.3 is 10.6 Å². The highest BCUT2D eigenvalue weighted by Gasteiger charge is 2.27. The second-order valence-electron chi connectivity index (χ2n) is 7.78. The lowest BCUT2D eigenvalue weighted by Gasteiger charge is -2.14. The van der Waals surface area contributed by atoms with E-state index in [9.17, 15) is 26.2 Å². The number of pyridine rings is 1. The summed E-state index contributed by atoms with van der Waals surface area (Å²) < 4.78 is 78.0. The quantitative estimate of drug-likeness (QED) is 0.244. The van der Waals surface area contributed by atoms with Crippen molar-refractivity contribution >= 4 is 38.4 Å². The van der Waals surface area contributed by atoms with Gasteiger partial charge in [-0.05, 0) is 60.0 Å². The van der Waals surface area contributed by atoms with Crippen LogP contribution in [0.1, 0.15) is 5.56 Å². The van der Waals surface area contributed by atoms with Gasteiger partial charge in [-0.25, -0.2) is 23.0 Å². The molecule has 2 aromatic carbocycles. The molecule has 13 heteroatoms. The van der Waals surface area contributed by atoms with Gasteiger partial charge in [0.2, 0.25) is 5.95 Å². The van der Waals surface area contributed by atoms with Crippen LogP contribution in [-0.2, 0) is 16.3 Å². The van der Waals surface area contributed by atoms with Crippen LogP contribution in [0, 0.1) is 11.6 Å². The third-order valence-electron chi connectivity index (χ3n) is 4.96. The second kappa shape index (κ2) is 9.66. The molecule has 0 aliphatic carbocycles. The zero-order valence-electron chi connectivity index (χ0n) is 18.4. The number of fused-ring (bicyclic) bond motifs is 1. The highest BCUT2D eigenvalue weighted by atomic mass is 32.2. The van der Waals surface area contributed by atoms with Crippen molar-refractivity contribution < 1.29 is 26.2 Å². The predicted molar refractivity (Wildman–Crippen MR) is 129 cm³/mol. The molecular weight excluding hydrogens is 503 g/mol. The van der Waals surface area contributed by atoms with E-state index in [0.717, 1.165) is 6.07 Å². The van der Waals surface area contributed by atoms with Gasteiger partial charge in [-0.1, -0.05) is 6.07 Å². The average molecular weight is 523 g/mol. The predicted octanol–water partition coefficient (Wildman–Crippen LogP) is 4.51. The van der Waals surface area contributed by atoms with Crippen LogP contribution in [0.2, 0.25) is 0 Å². The second-order valence-corrected chi connectivity index (χ2v) is 9.67. The van der Waals surface area contributed by atoms with Gasteiger partial charge in [0.05, 0.1) is 25.8 Å². The minimum atomic E-state index is -4.52. The number of anilines is 2. The largest absolute Gasteiger partial charge is 0.405 e. The Labute approximate surface area is 202 Å². The highest BCUT2D eigenvalue weighted by molar-refractivity contribution is 7.98. The van der Waals surface area contributed by atoms with Crippen molar-refractivity contribution in [3.63, 3.8) is 0 Å². The molecule has 0 spiro atoms. The number of benzene rings is 2. The van der Waals surface area contributed by atoms with Gasteiger partial charge in [-0.3, -0.25) is 5.14 Å². The molecule has 0 fully saturated rings. The molecule has 1 atom stereocenters. The fourth-order valence-electron chi connectivity index (χ4n) is 3.30. The minimum absolute atomic E-state index is 0.00537. The fraction of sp³-hybridized carbons (Fsp3) is 0.130. The van der Waals surface area contributed by atoms with E-state index in [1.165, 1.54) is 36.4 Å². The van der Waals surface area contributed by atoms with Crippen molar-refractivity contribution in [2.75, 3.05) is 17.2 Å². The Bertz CT molecular complexity index is 1530. The van der Waals surface area contributed by atoms with Crippen molar-refractivity contribution in [2.45, 2.75) is 17.6 Å². The van der Waals surface area contributed by atoms with Crippen molar-refractivity contribution in [2.24, 2.45) is 5.14 Å². The summed E-state index contributed by atoms with van der Waals surface area (Å²) in [5.74, 6) is 1.79. The first-order valence-electron chi connectivity index (χ1n) is 10.3. The molecule has 0 radical (unpaired) electrons.